The summed E-state index contributed by atoms with van der Waals surface area (Å²) in [5, 5.41) is 5.97. The highest BCUT2D eigenvalue weighted by Crippen LogP contribution is 2.34. The van der Waals surface area contributed by atoms with Crippen LogP contribution in [0, 0.1) is 0 Å². The number of likely N-dealkylation sites (N-methyl/N-ethyl adjacent to an activating group) is 1. The number of dihydropyridines is 1. The van der Waals surface area contributed by atoms with Gasteiger partial charge in [0.2, 0.25) is 0 Å². The first kappa shape index (κ1) is 19.5. The number of hydrogen-bond donors (Lipinski definition) is 2. The van der Waals surface area contributed by atoms with Gasteiger partial charge in [-0.25, -0.2) is 0 Å². The maximum absolute atomic E-state index is 13.7. The maximum Gasteiger partial charge on any atom is 0.416 e. The Hall–Kier alpha value is -2.81. The second-order valence-corrected chi connectivity index (χ2v) is 7.29. The summed E-state index contributed by atoms with van der Waals surface area (Å²) < 4.78 is 41.2. The van der Waals surface area contributed by atoms with E-state index in [4.69, 9.17) is 0 Å². The molecule has 2 N–H and O–H groups in total. The molecule has 0 radical (unpaired) electrons. The Labute approximate surface area is 167 Å². The van der Waals surface area contributed by atoms with Gasteiger partial charge in [-0.05, 0) is 24.7 Å². The van der Waals surface area contributed by atoms with Crippen LogP contribution in [0.5, 0.6) is 0 Å². The SMILES string of the molecule is CN1CCN(C2=C(C(F)(F)F)CNC=C2NCc2ccc3nccnc3c2)CC1. The molecule has 9 heteroatoms. The average Bonchev–Trinajstić information content (AvgIpc) is 2.72. The Bertz CT molecular complexity index is 945. The van der Waals surface area contributed by atoms with E-state index in [2.05, 4.69) is 25.5 Å². The third-order valence-corrected chi connectivity index (χ3v) is 5.24. The molecule has 0 atom stereocenters. The fraction of sp³-hybridized carbons (Fsp3) is 0.400. The van der Waals surface area contributed by atoms with Crippen LogP contribution in [-0.4, -0.2) is 65.7 Å². The zero-order valence-corrected chi connectivity index (χ0v) is 16.1. The predicted molar refractivity (Wildman–Crippen MR) is 105 cm³/mol. The number of nitrogens with one attached hydrogen (secondary N) is 2. The first-order valence-electron chi connectivity index (χ1n) is 9.53. The van der Waals surface area contributed by atoms with Crippen molar-refractivity contribution in [1.29, 1.82) is 0 Å². The lowest BCUT2D eigenvalue weighted by Crippen LogP contribution is -2.47. The van der Waals surface area contributed by atoms with Crippen LogP contribution >= 0.6 is 0 Å². The molecule has 6 nitrogen and oxygen atoms in total. The summed E-state index contributed by atoms with van der Waals surface area (Å²) >= 11 is 0. The van der Waals surface area contributed by atoms with Crippen LogP contribution in [0.1, 0.15) is 5.56 Å². The van der Waals surface area contributed by atoms with Gasteiger partial charge in [-0.3, -0.25) is 9.97 Å². The monoisotopic (exact) mass is 404 g/mol. The van der Waals surface area contributed by atoms with Crippen molar-refractivity contribution >= 4 is 11.0 Å². The van der Waals surface area contributed by atoms with Crippen LogP contribution in [0.25, 0.3) is 11.0 Å². The fourth-order valence-electron chi connectivity index (χ4n) is 3.65. The van der Waals surface area contributed by atoms with Crippen molar-refractivity contribution in [2.24, 2.45) is 0 Å². The summed E-state index contributed by atoms with van der Waals surface area (Å²) in [4.78, 5) is 12.5. The minimum absolute atomic E-state index is 0.220. The van der Waals surface area contributed by atoms with Gasteiger partial charge in [0.25, 0.3) is 0 Å². The number of nitrogens with zero attached hydrogens (tertiary/aromatic N) is 4. The van der Waals surface area contributed by atoms with Crippen molar-refractivity contribution in [3.8, 4) is 0 Å². The highest BCUT2D eigenvalue weighted by molar-refractivity contribution is 5.74. The lowest BCUT2D eigenvalue weighted by atomic mass is 10.1. The zero-order chi connectivity index (χ0) is 20.4. The molecule has 29 heavy (non-hydrogen) atoms. The molecule has 0 spiro atoms. The molecule has 1 aromatic carbocycles. The Morgan fingerprint density at radius 2 is 1.79 bits per heavy atom. The molecule has 0 saturated carbocycles. The van der Waals surface area contributed by atoms with Crippen molar-refractivity contribution < 1.29 is 13.2 Å². The molecule has 2 aliphatic rings. The molecule has 1 aromatic heterocycles. The van der Waals surface area contributed by atoms with E-state index in [1.54, 1.807) is 18.6 Å². The third-order valence-electron chi connectivity index (χ3n) is 5.24. The van der Waals surface area contributed by atoms with Gasteiger partial charge in [-0.15, -0.1) is 0 Å². The first-order valence-corrected chi connectivity index (χ1v) is 9.53. The van der Waals surface area contributed by atoms with Crippen LogP contribution in [0.3, 0.4) is 0 Å². The minimum atomic E-state index is -4.38. The van der Waals surface area contributed by atoms with Gasteiger partial charge < -0.3 is 20.4 Å². The molecule has 1 saturated heterocycles. The number of piperazine rings is 1. The van der Waals surface area contributed by atoms with E-state index in [0.717, 1.165) is 29.7 Å². The van der Waals surface area contributed by atoms with Gasteiger partial charge in [0.15, 0.2) is 0 Å². The molecule has 0 bridgehead atoms. The maximum atomic E-state index is 13.7. The molecule has 0 unspecified atom stereocenters. The normalized spacial score (nSPS) is 18.6. The largest absolute Gasteiger partial charge is 0.416 e. The van der Waals surface area contributed by atoms with Crippen LogP contribution < -0.4 is 10.6 Å². The molecule has 3 heterocycles. The Kier molecular flexibility index (Phi) is 5.31. The number of aromatic nitrogens is 2. The molecule has 4 rings (SSSR count). The Morgan fingerprint density at radius 3 is 2.52 bits per heavy atom. The lowest BCUT2D eigenvalue weighted by molar-refractivity contribution is -0.0952. The van der Waals surface area contributed by atoms with E-state index < -0.39 is 11.7 Å². The smallest absolute Gasteiger partial charge is 0.385 e. The molecule has 2 aromatic rings. The quantitative estimate of drug-likeness (QED) is 0.815. The van der Waals surface area contributed by atoms with Crippen LogP contribution in [0.2, 0.25) is 0 Å². The van der Waals surface area contributed by atoms with Gasteiger partial charge in [-0.2, -0.15) is 13.2 Å². The Balaban J connectivity index is 1.58. The molecule has 2 aliphatic heterocycles. The lowest BCUT2D eigenvalue weighted by Gasteiger charge is -2.39. The zero-order valence-electron chi connectivity index (χ0n) is 16.1. The summed E-state index contributed by atoms with van der Waals surface area (Å²) in [7, 11) is 1.98. The predicted octanol–water partition coefficient (Wildman–Crippen LogP) is 2.23. The van der Waals surface area contributed by atoms with Gasteiger partial charge in [-0.1, -0.05) is 6.07 Å². The second kappa shape index (κ2) is 7.90. The van der Waals surface area contributed by atoms with E-state index in [1.807, 2.05) is 30.1 Å². The van der Waals surface area contributed by atoms with Crippen LogP contribution in [0.15, 0.2) is 53.8 Å². The molecular weight excluding hydrogens is 381 g/mol. The van der Waals surface area contributed by atoms with Crippen molar-refractivity contribution in [2.45, 2.75) is 12.7 Å². The summed E-state index contributed by atoms with van der Waals surface area (Å²) in [6.07, 6.45) is 0.511. The number of hydrogen-bond acceptors (Lipinski definition) is 6. The van der Waals surface area contributed by atoms with Crippen molar-refractivity contribution in [2.75, 3.05) is 39.8 Å². The molecular formula is C20H23F3N6. The van der Waals surface area contributed by atoms with Crippen LogP contribution in [0.4, 0.5) is 13.2 Å². The van der Waals surface area contributed by atoms with E-state index in [0.29, 0.717) is 25.3 Å². The number of fused-ring (bicyclic) bond motifs is 1. The van der Waals surface area contributed by atoms with Gasteiger partial charge in [0.1, 0.15) is 0 Å². The summed E-state index contributed by atoms with van der Waals surface area (Å²) in [6, 6.07) is 5.67. The molecule has 0 aliphatic carbocycles. The topological polar surface area (TPSA) is 56.3 Å². The Morgan fingerprint density at radius 1 is 1.07 bits per heavy atom. The fourth-order valence-corrected chi connectivity index (χ4v) is 3.65. The number of rotatable bonds is 4. The minimum Gasteiger partial charge on any atom is -0.385 e. The van der Waals surface area contributed by atoms with Gasteiger partial charge >= 0.3 is 6.18 Å². The second-order valence-electron chi connectivity index (χ2n) is 7.29. The summed E-state index contributed by atoms with van der Waals surface area (Å²) in [5.41, 5.74) is 2.66. The molecule has 1 fully saturated rings. The summed E-state index contributed by atoms with van der Waals surface area (Å²) in [5.74, 6) is 0. The number of halogens is 3. The number of benzene rings is 1. The van der Waals surface area contributed by atoms with E-state index >= 15 is 0 Å². The molecule has 0 amide bonds. The van der Waals surface area contributed by atoms with Gasteiger partial charge in [0, 0.05) is 57.9 Å². The van der Waals surface area contributed by atoms with Crippen molar-refractivity contribution in [1.82, 2.24) is 30.4 Å². The number of alkyl halides is 3. The third kappa shape index (κ3) is 4.29. The van der Waals surface area contributed by atoms with E-state index in [1.165, 1.54) is 0 Å². The summed E-state index contributed by atoms with van der Waals surface area (Å²) in [6.45, 7) is 2.77. The van der Waals surface area contributed by atoms with Crippen molar-refractivity contribution in [3.63, 3.8) is 0 Å². The standard InChI is InChI=1S/C20H23F3N6/c1-28-6-8-29(9-7-28)19-15(20(21,22)23)12-24-13-18(19)27-11-14-2-3-16-17(10-14)26-5-4-25-16/h2-5,10,13,24,27H,6-9,11-12H2,1H3. The highest BCUT2D eigenvalue weighted by Gasteiger charge is 2.40. The van der Waals surface area contributed by atoms with Gasteiger partial charge in [0.05, 0.1) is 28.0 Å². The van der Waals surface area contributed by atoms with Crippen molar-refractivity contribution in [3.05, 3.63) is 59.3 Å². The van der Waals surface area contributed by atoms with Crippen LogP contribution in [-0.2, 0) is 6.54 Å². The van der Waals surface area contributed by atoms with E-state index in [-0.39, 0.29) is 12.2 Å². The van der Waals surface area contributed by atoms with E-state index in [9.17, 15) is 13.2 Å². The average molecular weight is 404 g/mol. The first-order chi connectivity index (χ1) is 13.9. The molecule has 154 valence electrons. The highest BCUT2D eigenvalue weighted by atomic mass is 19.4.